The molecule has 5 rings (SSSR count). The lowest BCUT2D eigenvalue weighted by Crippen LogP contribution is -2.18. The SMILES string of the molecule is CNC(=O)c1cc(Oc2ccc3c(c2)nc(Nc2ccc(Cl)c(-c4cccs4)c2)n3C)ccn1. The molecule has 3 heterocycles. The quantitative estimate of drug-likeness (QED) is 0.295. The Morgan fingerprint density at radius 3 is 2.74 bits per heavy atom. The molecule has 3 aromatic heterocycles. The van der Waals surface area contributed by atoms with E-state index in [1.807, 2.05) is 65.5 Å². The molecule has 2 N–H and O–H groups in total. The maximum atomic E-state index is 11.8. The van der Waals surface area contributed by atoms with Gasteiger partial charge >= 0.3 is 0 Å². The first-order chi connectivity index (χ1) is 16.5. The number of halogens is 1. The number of carbonyl (C=O) groups excluding carboxylic acids is 1. The fourth-order valence-corrected chi connectivity index (χ4v) is 4.60. The number of imidazole rings is 1. The molecule has 0 unspecified atom stereocenters. The summed E-state index contributed by atoms with van der Waals surface area (Å²) in [6, 6.07) is 18.9. The van der Waals surface area contributed by atoms with Crippen molar-refractivity contribution >= 4 is 51.5 Å². The maximum absolute atomic E-state index is 11.8. The molecule has 7 nitrogen and oxygen atoms in total. The Hall–Kier alpha value is -3.88. The van der Waals surface area contributed by atoms with Crippen molar-refractivity contribution in [3.8, 4) is 21.9 Å². The van der Waals surface area contributed by atoms with Gasteiger partial charge in [-0.2, -0.15) is 0 Å². The number of amides is 1. The van der Waals surface area contributed by atoms with Crippen molar-refractivity contribution in [1.82, 2.24) is 19.9 Å². The number of hydrogen-bond donors (Lipinski definition) is 2. The van der Waals surface area contributed by atoms with E-state index >= 15 is 0 Å². The lowest BCUT2D eigenvalue weighted by atomic mass is 10.1. The molecule has 0 fully saturated rings. The highest BCUT2D eigenvalue weighted by molar-refractivity contribution is 7.13. The number of benzene rings is 2. The first-order valence-corrected chi connectivity index (χ1v) is 11.7. The van der Waals surface area contributed by atoms with Gasteiger partial charge in [0, 0.05) is 53.6 Å². The summed E-state index contributed by atoms with van der Waals surface area (Å²) in [6.45, 7) is 0. The predicted molar refractivity (Wildman–Crippen MR) is 136 cm³/mol. The third kappa shape index (κ3) is 4.33. The van der Waals surface area contributed by atoms with Crippen LogP contribution in [0.5, 0.6) is 11.5 Å². The van der Waals surface area contributed by atoms with Crippen LogP contribution in [0.1, 0.15) is 10.5 Å². The molecule has 0 aliphatic carbocycles. The molecule has 1 amide bonds. The number of fused-ring (bicyclic) bond motifs is 1. The highest BCUT2D eigenvalue weighted by atomic mass is 35.5. The van der Waals surface area contributed by atoms with Gasteiger partial charge in [-0.3, -0.25) is 9.78 Å². The minimum atomic E-state index is -0.272. The normalized spacial score (nSPS) is 10.9. The van der Waals surface area contributed by atoms with Crippen molar-refractivity contribution in [2.24, 2.45) is 7.05 Å². The first-order valence-electron chi connectivity index (χ1n) is 10.4. The number of rotatable bonds is 6. The molecule has 2 aromatic carbocycles. The summed E-state index contributed by atoms with van der Waals surface area (Å²) < 4.78 is 7.94. The van der Waals surface area contributed by atoms with Gasteiger partial charge in [-0.1, -0.05) is 17.7 Å². The summed E-state index contributed by atoms with van der Waals surface area (Å²) >= 11 is 8.07. The summed E-state index contributed by atoms with van der Waals surface area (Å²) in [5.41, 5.74) is 3.87. The van der Waals surface area contributed by atoms with Crippen LogP contribution in [0.3, 0.4) is 0 Å². The van der Waals surface area contributed by atoms with Crippen molar-refractivity contribution in [2.45, 2.75) is 0 Å². The van der Waals surface area contributed by atoms with E-state index in [1.54, 1.807) is 30.5 Å². The van der Waals surface area contributed by atoms with Crippen molar-refractivity contribution in [1.29, 1.82) is 0 Å². The fraction of sp³-hybridized carbons (Fsp3) is 0.0800. The van der Waals surface area contributed by atoms with Crippen LogP contribution in [0.4, 0.5) is 11.6 Å². The van der Waals surface area contributed by atoms with Gasteiger partial charge in [-0.15, -0.1) is 11.3 Å². The minimum absolute atomic E-state index is 0.272. The lowest BCUT2D eigenvalue weighted by Gasteiger charge is -2.09. The van der Waals surface area contributed by atoms with Gasteiger partial charge in [0.25, 0.3) is 5.91 Å². The van der Waals surface area contributed by atoms with E-state index in [0.717, 1.165) is 27.2 Å². The predicted octanol–water partition coefficient (Wildman–Crippen LogP) is 6.25. The zero-order chi connectivity index (χ0) is 23.7. The van der Waals surface area contributed by atoms with Crippen LogP contribution in [-0.4, -0.2) is 27.5 Å². The highest BCUT2D eigenvalue weighted by Gasteiger charge is 2.12. The van der Waals surface area contributed by atoms with Crippen molar-refractivity contribution in [2.75, 3.05) is 12.4 Å². The number of hydrogen-bond acceptors (Lipinski definition) is 6. The zero-order valence-corrected chi connectivity index (χ0v) is 19.9. The zero-order valence-electron chi connectivity index (χ0n) is 18.4. The molecule has 5 aromatic rings. The average molecular weight is 490 g/mol. The van der Waals surface area contributed by atoms with Gasteiger partial charge in [0.2, 0.25) is 5.95 Å². The molecule has 0 saturated carbocycles. The van der Waals surface area contributed by atoms with E-state index < -0.39 is 0 Å². The Kier molecular flexibility index (Phi) is 5.91. The van der Waals surface area contributed by atoms with Crippen LogP contribution in [0.2, 0.25) is 5.02 Å². The number of thiophene rings is 1. The lowest BCUT2D eigenvalue weighted by molar-refractivity contribution is 0.0958. The summed E-state index contributed by atoms with van der Waals surface area (Å²) in [4.78, 5) is 21.8. The molecule has 0 atom stereocenters. The summed E-state index contributed by atoms with van der Waals surface area (Å²) in [5.74, 6) is 1.55. The topological polar surface area (TPSA) is 81.1 Å². The van der Waals surface area contributed by atoms with E-state index in [-0.39, 0.29) is 11.6 Å². The Morgan fingerprint density at radius 1 is 1.09 bits per heavy atom. The van der Waals surface area contributed by atoms with Gasteiger partial charge in [-0.05, 0) is 47.8 Å². The third-order valence-electron chi connectivity index (χ3n) is 5.29. The molecular formula is C25H20ClN5O2S. The Balaban J connectivity index is 1.41. The number of ether oxygens (including phenoxy) is 1. The molecule has 0 radical (unpaired) electrons. The summed E-state index contributed by atoms with van der Waals surface area (Å²) in [5, 5.41) is 8.68. The monoisotopic (exact) mass is 489 g/mol. The van der Waals surface area contributed by atoms with Crippen LogP contribution in [0.15, 0.2) is 72.2 Å². The molecule has 9 heteroatoms. The van der Waals surface area contributed by atoms with Gasteiger partial charge < -0.3 is 19.9 Å². The Bertz CT molecular complexity index is 1500. The summed E-state index contributed by atoms with van der Waals surface area (Å²) in [7, 11) is 3.51. The van der Waals surface area contributed by atoms with Gasteiger partial charge in [0.1, 0.15) is 17.2 Å². The second-order valence-electron chi connectivity index (χ2n) is 7.50. The summed E-state index contributed by atoms with van der Waals surface area (Å²) in [6.07, 6.45) is 1.54. The second-order valence-corrected chi connectivity index (χ2v) is 8.85. The molecule has 170 valence electrons. The number of nitrogens with one attached hydrogen (secondary N) is 2. The van der Waals surface area contributed by atoms with E-state index in [4.69, 9.17) is 21.3 Å². The molecule has 0 spiro atoms. The van der Waals surface area contributed by atoms with Gasteiger partial charge in [0.05, 0.1) is 11.0 Å². The molecule has 0 aliphatic rings. The number of nitrogens with zero attached hydrogens (tertiary/aromatic N) is 3. The van der Waals surface area contributed by atoms with Crippen LogP contribution in [0.25, 0.3) is 21.5 Å². The van der Waals surface area contributed by atoms with Crippen LogP contribution < -0.4 is 15.4 Å². The average Bonchev–Trinajstić information content (AvgIpc) is 3.48. The maximum Gasteiger partial charge on any atom is 0.269 e. The van der Waals surface area contributed by atoms with Crippen molar-refractivity contribution in [3.05, 3.63) is 83.0 Å². The van der Waals surface area contributed by atoms with E-state index in [1.165, 1.54) is 6.20 Å². The largest absolute Gasteiger partial charge is 0.457 e. The molecule has 0 saturated heterocycles. The Morgan fingerprint density at radius 2 is 1.94 bits per heavy atom. The first kappa shape index (κ1) is 21.9. The molecule has 34 heavy (non-hydrogen) atoms. The van der Waals surface area contributed by atoms with Crippen molar-refractivity contribution < 1.29 is 9.53 Å². The smallest absolute Gasteiger partial charge is 0.269 e. The van der Waals surface area contributed by atoms with Crippen LogP contribution in [-0.2, 0) is 7.05 Å². The number of carbonyl (C=O) groups is 1. The van der Waals surface area contributed by atoms with Crippen LogP contribution >= 0.6 is 22.9 Å². The Labute approximate surface area is 205 Å². The fourth-order valence-electron chi connectivity index (χ4n) is 3.57. The second kappa shape index (κ2) is 9.17. The number of aromatic nitrogens is 3. The van der Waals surface area contributed by atoms with Crippen LogP contribution in [0, 0.1) is 0 Å². The number of aryl methyl sites for hydroxylation is 1. The minimum Gasteiger partial charge on any atom is -0.457 e. The van der Waals surface area contributed by atoms with Crippen molar-refractivity contribution in [3.63, 3.8) is 0 Å². The van der Waals surface area contributed by atoms with E-state index in [2.05, 4.69) is 15.6 Å². The standard InChI is InChI=1S/C25H20ClN5O2S/c1-27-24(32)21-14-17(9-10-28-21)33-16-6-8-22-20(13-16)30-25(31(22)2)29-15-5-7-19(26)18(12-15)23-4-3-11-34-23/h3-14H,1-2H3,(H,27,32)(H,29,30). The molecular weight excluding hydrogens is 470 g/mol. The number of pyridine rings is 1. The van der Waals surface area contributed by atoms with E-state index in [0.29, 0.717) is 22.5 Å². The molecule has 0 bridgehead atoms. The van der Waals surface area contributed by atoms with Gasteiger partial charge in [0.15, 0.2) is 0 Å². The highest BCUT2D eigenvalue weighted by Crippen LogP contribution is 2.35. The molecule has 0 aliphatic heterocycles. The van der Waals surface area contributed by atoms with E-state index in [9.17, 15) is 4.79 Å². The number of anilines is 2. The van der Waals surface area contributed by atoms with Gasteiger partial charge in [-0.25, -0.2) is 4.98 Å². The third-order valence-corrected chi connectivity index (χ3v) is 6.52.